The van der Waals surface area contributed by atoms with Crippen LogP contribution in [0.1, 0.15) is 11.1 Å². The first-order valence-corrected chi connectivity index (χ1v) is 6.96. The lowest BCUT2D eigenvalue weighted by Gasteiger charge is -2.00. The molecule has 2 aromatic carbocycles. The number of benzene rings is 2. The van der Waals surface area contributed by atoms with Gasteiger partial charge in [-0.3, -0.25) is 0 Å². The van der Waals surface area contributed by atoms with Gasteiger partial charge in [-0.15, -0.1) is 0 Å². The molecule has 0 saturated carbocycles. The van der Waals surface area contributed by atoms with E-state index in [1.54, 1.807) is 37.5 Å². The summed E-state index contributed by atoms with van der Waals surface area (Å²) >= 11 is 5.84. The van der Waals surface area contributed by atoms with E-state index in [1.165, 1.54) is 0 Å². The Balaban J connectivity index is 1.92. The van der Waals surface area contributed by atoms with Crippen LogP contribution in [0.4, 0.5) is 0 Å². The molecule has 0 unspecified atom stereocenters. The number of cyclic esters (lactones) is 1. The summed E-state index contributed by atoms with van der Waals surface area (Å²) in [5, 5.41) is 0.612. The largest absolute Gasteiger partial charge is 0.497 e. The normalized spacial score (nSPS) is 15.6. The maximum atomic E-state index is 11.9. The zero-order valence-corrected chi connectivity index (χ0v) is 12.5. The van der Waals surface area contributed by atoms with E-state index < -0.39 is 5.97 Å². The summed E-state index contributed by atoms with van der Waals surface area (Å²) in [6.45, 7) is 0. The van der Waals surface area contributed by atoms with Gasteiger partial charge >= 0.3 is 5.97 Å². The van der Waals surface area contributed by atoms with Crippen LogP contribution in [0.25, 0.3) is 6.08 Å². The van der Waals surface area contributed by atoms with Crippen molar-refractivity contribution >= 4 is 29.5 Å². The van der Waals surface area contributed by atoms with E-state index in [4.69, 9.17) is 21.1 Å². The number of hydrogen-bond acceptors (Lipinski definition) is 4. The molecule has 5 heteroatoms. The minimum absolute atomic E-state index is 0.248. The summed E-state index contributed by atoms with van der Waals surface area (Å²) in [7, 11) is 1.59. The van der Waals surface area contributed by atoms with E-state index in [1.807, 2.05) is 24.3 Å². The first-order valence-electron chi connectivity index (χ1n) is 6.58. The van der Waals surface area contributed by atoms with Crippen molar-refractivity contribution in [2.24, 2.45) is 4.99 Å². The Bertz CT molecular complexity index is 779. The number of halogens is 1. The van der Waals surface area contributed by atoms with E-state index in [-0.39, 0.29) is 11.6 Å². The monoisotopic (exact) mass is 313 g/mol. The SMILES string of the molecule is COc1cccc(C=C2N=C(c3ccc(Cl)cc3)OC2=O)c1. The van der Waals surface area contributed by atoms with Crippen LogP contribution >= 0.6 is 11.6 Å². The standard InChI is InChI=1S/C17H12ClNO3/c1-21-14-4-2-3-11(9-14)10-15-17(20)22-16(19-15)12-5-7-13(18)8-6-12/h2-10H,1H3. The van der Waals surface area contributed by atoms with Crippen LogP contribution in [0.2, 0.25) is 5.02 Å². The number of carbonyl (C=O) groups excluding carboxylic acids is 1. The van der Waals surface area contributed by atoms with Crippen LogP contribution in [0.3, 0.4) is 0 Å². The first-order chi connectivity index (χ1) is 10.7. The summed E-state index contributed by atoms with van der Waals surface area (Å²) in [5.74, 6) is 0.506. The Kier molecular flexibility index (Phi) is 3.94. The molecule has 0 amide bonds. The number of hydrogen-bond donors (Lipinski definition) is 0. The van der Waals surface area contributed by atoms with Gasteiger partial charge in [0.25, 0.3) is 0 Å². The maximum absolute atomic E-state index is 11.9. The molecular formula is C17H12ClNO3. The molecule has 3 rings (SSSR count). The summed E-state index contributed by atoms with van der Waals surface area (Å²) < 4.78 is 10.4. The third-order valence-corrected chi connectivity index (χ3v) is 3.36. The average molecular weight is 314 g/mol. The maximum Gasteiger partial charge on any atom is 0.363 e. The molecule has 0 bridgehead atoms. The highest BCUT2D eigenvalue weighted by Gasteiger charge is 2.24. The van der Waals surface area contributed by atoms with Gasteiger partial charge < -0.3 is 9.47 Å². The minimum atomic E-state index is -0.479. The fraction of sp³-hybridized carbons (Fsp3) is 0.0588. The predicted octanol–water partition coefficient (Wildman–Crippen LogP) is 3.69. The van der Waals surface area contributed by atoms with Gasteiger partial charge in [-0.2, -0.15) is 0 Å². The zero-order chi connectivity index (χ0) is 15.5. The van der Waals surface area contributed by atoms with E-state index in [2.05, 4.69) is 4.99 Å². The Morgan fingerprint density at radius 2 is 1.95 bits per heavy atom. The van der Waals surface area contributed by atoms with Crippen LogP contribution in [0.5, 0.6) is 5.75 Å². The smallest absolute Gasteiger partial charge is 0.363 e. The van der Waals surface area contributed by atoms with Crippen LogP contribution < -0.4 is 4.74 Å². The molecule has 0 aliphatic carbocycles. The number of aliphatic imine (C=N–C) groups is 1. The molecule has 0 fully saturated rings. The molecule has 110 valence electrons. The number of carbonyl (C=O) groups is 1. The van der Waals surface area contributed by atoms with Crippen molar-refractivity contribution in [2.45, 2.75) is 0 Å². The van der Waals surface area contributed by atoms with E-state index in [0.29, 0.717) is 16.3 Å². The van der Waals surface area contributed by atoms with Crippen LogP contribution in [-0.2, 0) is 9.53 Å². The molecule has 1 aliphatic heterocycles. The molecule has 0 aromatic heterocycles. The fourth-order valence-electron chi connectivity index (χ4n) is 2.01. The van der Waals surface area contributed by atoms with Gasteiger partial charge in [0.05, 0.1) is 7.11 Å². The molecule has 0 atom stereocenters. The molecule has 1 heterocycles. The Morgan fingerprint density at radius 3 is 2.68 bits per heavy atom. The van der Waals surface area contributed by atoms with E-state index >= 15 is 0 Å². The highest BCUT2D eigenvalue weighted by Crippen LogP contribution is 2.21. The van der Waals surface area contributed by atoms with Gasteiger partial charge in [0.1, 0.15) is 5.75 Å². The second-order valence-electron chi connectivity index (χ2n) is 4.62. The lowest BCUT2D eigenvalue weighted by molar-refractivity contribution is -0.129. The van der Waals surface area contributed by atoms with Crippen LogP contribution in [-0.4, -0.2) is 19.0 Å². The molecule has 0 N–H and O–H groups in total. The summed E-state index contributed by atoms with van der Waals surface area (Å²) in [6, 6.07) is 14.3. The van der Waals surface area contributed by atoms with Crippen molar-refractivity contribution < 1.29 is 14.3 Å². The average Bonchev–Trinajstić information content (AvgIpc) is 2.89. The van der Waals surface area contributed by atoms with Gasteiger partial charge in [0, 0.05) is 10.6 Å². The fourth-order valence-corrected chi connectivity index (χ4v) is 2.14. The van der Waals surface area contributed by atoms with E-state index in [0.717, 1.165) is 5.56 Å². The van der Waals surface area contributed by atoms with E-state index in [9.17, 15) is 4.79 Å². The molecule has 22 heavy (non-hydrogen) atoms. The highest BCUT2D eigenvalue weighted by atomic mass is 35.5. The predicted molar refractivity (Wildman–Crippen MR) is 85.1 cm³/mol. The molecule has 0 saturated heterocycles. The molecule has 2 aromatic rings. The summed E-state index contributed by atoms with van der Waals surface area (Å²) in [5.41, 5.74) is 1.76. The number of ether oxygens (including phenoxy) is 2. The molecule has 0 spiro atoms. The van der Waals surface area contributed by atoms with Gasteiger partial charge in [0.2, 0.25) is 5.90 Å². The Labute approximate surface area is 132 Å². The second-order valence-corrected chi connectivity index (χ2v) is 5.06. The number of esters is 1. The number of nitrogens with zero attached hydrogens (tertiary/aromatic N) is 1. The zero-order valence-electron chi connectivity index (χ0n) is 11.7. The quantitative estimate of drug-likeness (QED) is 0.641. The Morgan fingerprint density at radius 1 is 1.18 bits per heavy atom. The molecule has 1 aliphatic rings. The third-order valence-electron chi connectivity index (χ3n) is 3.11. The van der Waals surface area contributed by atoms with Crippen LogP contribution in [0, 0.1) is 0 Å². The summed E-state index contributed by atoms with van der Waals surface area (Å²) in [4.78, 5) is 16.2. The van der Waals surface area contributed by atoms with Crippen molar-refractivity contribution in [3.63, 3.8) is 0 Å². The van der Waals surface area contributed by atoms with Gasteiger partial charge in [-0.1, -0.05) is 23.7 Å². The third kappa shape index (κ3) is 3.02. The van der Waals surface area contributed by atoms with Crippen LogP contribution in [0.15, 0.2) is 59.2 Å². The van der Waals surface area contributed by atoms with Crippen molar-refractivity contribution in [2.75, 3.05) is 7.11 Å². The number of methoxy groups -OCH3 is 1. The highest BCUT2D eigenvalue weighted by molar-refractivity contribution is 6.30. The lowest BCUT2D eigenvalue weighted by Crippen LogP contribution is -2.05. The topological polar surface area (TPSA) is 47.9 Å². The minimum Gasteiger partial charge on any atom is -0.497 e. The molecule has 0 radical (unpaired) electrons. The van der Waals surface area contributed by atoms with Crippen molar-refractivity contribution in [1.82, 2.24) is 0 Å². The van der Waals surface area contributed by atoms with Gasteiger partial charge in [-0.05, 0) is 48.0 Å². The Hall–Kier alpha value is -2.59. The molecule has 4 nitrogen and oxygen atoms in total. The van der Waals surface area contributed by atoms with Gasteiger partial charge in [0.15, 0.2) is 5.70 Å². The van der Waals surface area contributed by atoms with Crippen molar-refractivity contribution in [1.29, 1.82) is 0 Å². The van der Waals surface area contributed by atoms with Crippen molar-refractivity contribution in [3.05, 3.63) is 70.4 Å². The number of rotatable bonds is 3. The van der Waals surface area contributed by atoms with Crippen molar-refractivity contribution in [3.8, 4) is 5.75 Å². The van der Waals surface area contributed by atoms with Gasteiger partial charge in [-0.25, -0.2) is 9.79 Å². The summed E-state index contributed by atoms with van der Waals surface area (Å²) in [6.07, 6.45) is 1.66. The lowest BCUT2D eigenvalue weighted by atomic mass is 10.2. The molecular weight excluding hydrogens is 302 g/mol. The second kappa shape index (κ2) is 6.03. The first kappa shape index (κ1) is 14.4.